The zero-order valence-electron chi connectivity index (χ0n) is 14.5. The Morgan fingerprint density at radius 3 is 2.56 bits per heavy atom. The predicted octanol–water partition coefficient (Wildman–Crippen LogP) is 4.36. The molecule has 132 valence electrons. The minimum Gasteiger partial charge on any atom is -0.478 e. The van der Waals surface area contributed by atoms with Gasteiger partial charge in [0, 0.05) is 17.7 Å². The Balaban J connectivity index is 1.64. The first kappa shape index (κ1) is 15.6. The molecule has 0 spiro atoms. The highest BCUT2D eigenvalue weighted by molar-refractivity contribution is 5.89. The van der Waals surface area contributed by atoms with Gasteiger partial charge in [-0.3, -0.25) is 0 Å². The van der Waals surface area contributed by atoms with E-state index in [-0.39, 0.29) is 5.56 Å². The van der Waals surface area contributed by atoms with Gasteiger partial charge in [-0.1, -0.05) is 36.4 Å². The molecule has 0 bridgehead atoms. The van der Waals surface area contributed by atoms with Crippen LogP contribution < -0.4 is 5.32 Å². The second-order valence-electron chi connectivity index (χ2n) is 6.68. The Bertz CT molecular complexity index is 1180. The van der Waals surface area contributed by atoms with Crippen molar-refractivity contribution in [2.24, 2.45) is 0 Å². The molecule has 0 atom stereocenters. The molecule has 0 unspecified atom stereocenters. The monoisotopic (exact) mass is 355 g/mol. The molecular weight excluding hydrogens is 338 g/mol. The van der Waals surface area contributed by atoms with Gasteiger partial charge in [0.25, 0.3) is 0 Å². The molecule has 0 aliphatic carbocycles. The fraction of sp³-hybridized carbons (Fsp3) is 0.0909. The molecule has 0 radical (unpaired) electrons. The van der Waals surface area contributed by atoms with Crippen LogP contribution in [-0.4, -0.2) is 27.4 Å². The molecule has 5 nitrogen and oxygen atoms in total. The molecule has 2 heterocycles. The van der Waals surface area contributed by atoms with Crippen molar-refractivity contribution in [2.45, 2.75) is 6.42 Å². The lowest BCUT2D eigenvalue weighted by Crippen LogP contribution is -2.05. The summed E-state index contributed by atoms with van der Waals surface area (Å²) in [7, 11) is 0. The van der Waals surface area contributed by atoms with Crippen molar-refractivity contribution in [1.82, 2.24) is 9.78 Å². The van der Waals surface area contributed by atoms with E-state index < -0.39 is 5.97 Å². The van der Waals surface area contributed by atoms with E-state index in [1.54, 1.807) is 24.3 Å². The predicted molar refractivity (Wildman–Crippen MR) is 106 cm³/mol. The molecule has 0 amide bonds. The summed E-state index contributed by atoms with van der Waals surface area (Å²) in [5.41, 5.74) is 4.38. The molecule has 1 aromatic heterocycles. The number of carboxylic acid groups (broad SMARTS) is 1. The molecule has 5 heteroatoms. The average Bonchev–Trinajstić information content (AvgIpc) is 3.30. The van der Waals surface area contributed by atoms with Gasteiger partial charge in [-0.25, -0.2) is 9.48 Å². The highest BCUT2D eigenvalue weighted by Gasteiger charge is 2.24. The number of nitrogens with zero attached hydrogens (tertiary/aromatic N) is 2. The van der Waals surface area contributed by atoms with Crippen molar-refractivity contribution < 1.29 is 9.90 Å². The number of fused-ring (bicyclic) bond motifs is 2. The van der Waals surface area contributed by atoms with E-state index in [1.165, 1.54) is 16.3 Å². The van der Waals surface area contributed by atoms with Gasteiger partial charge >= 0.3 is 5.97 Å². The summed E-state index contributed by atoms with van der Waals surface area (Å²) in [4.78, 5) is 11.1. The fourth-order valence-corrected chi connectivity index (χ4v) is 3.68. The normalized spacial score (nSPS) is 12.7. The van der Waals surface area contributed by atoms with Crippen molar-refractivity contribution in [3.05, 3.63) is 77.9 Å². The summed E-state index contributed by atoms with van der Waals surface area (Å²) < 4.78 is 1.87. The minimum absolute atomic E-state index is 0.269. The smallest absolute Gasteiger partial charge is 0.335 e. The second-order valence-corrected chi connectivity index (χ2v) is 6.68. The summed E-state index contributed by atoms with van der Waals surface area (Å²) in [6.07, 6.45) is 0.921. The highest BCUT2D eigenvalue weighted by atomic mass is 16.4. The van der Waals surface area contributed by atoms with Crippen LogP contribution in [0.15, 0.2) is 66.7 Å². The standard InChI is InChI=1S/C22H17N3O2/c26-22(27)15-7-9-18(10-8-15)25-21-19(11-12-23-21)20(24-25)17-6-5-14-3-1-2-4-16(14)13-17/h1-10,13,23H,11-12H2,(H,26,27). The Hall–Kier alpha value is -3.60. The molecule has 2 N–H and O–H groups in total. The minimum atomic E-state index is -0.928. The third-order valence-electron chi connectivity index (χ3n) is 5.03. The Kier molecular flexibility index (Phi) is 3.47. The number of hydrogen-bond donors (Lipinski definition) is 2. The molecule has 27 heavy (non-hydrogen) atoms. The highest BCUT2D eigenvalue weighted by Crippen LogP contribution is 2.35. The number of hydrogen-bond acceptors (Lipinski definition) is 3. The number of anilines is 1. The van der Waals surface area contributed by atoms with Crippen LogP contribution in [0.1, 0.15) is 15.9 Å². The third-order valence-corrected chi connectivity index (χ3v) is 5.03. The molecule has 0 fully saturated rings. The van der Waals surface area contributed by atoms with E-state index in [9.17, 15) is 4.79 Å². The fourth-order valence-electron chi connectivity index (χ4n) is 3.68. The zero-order chi connectivity index (χ0) is 18.4. The van der Waals surface area contributed by atoms with E-state index in [4.69, 9.17) is 10.2 Å². The number of rotatable bonds is 3. The van der Waals surface area contributed by atoms with Crippen LogP contribution in [0.25, 0.3) is 27.7 Å². The molecule has 3 aromatic carbocycles. The zero-order valence-corrected chi connectivity index (χ0v) is 14.5. The molecular formula is C22H17N3O2. The van der Waals surface area contributed by atoms with Gasteiger partial charge in [-0.05, 0) is 47.5 Å². The molecule has 0 saturated carbocycles. The van der Waals surface area contributed by atoms with E-state index in [1.807, 2.05) is 16.8 Å². The second kappa shape index (κ2) is 5.99. The SMILES string of the molecule is O=C(O)c1ccc(-n2nc(-c3ccc4ccccc4c3)c3c2NCC3)cc1. The van der Waals surface area contributed by atoms with Crippen molar-refractivity contribution in [3.8, 4) is 16.9 Å². The summed E-state index contributed by atoms with van der Waals surface area (Å²) in [5, 5.41) is 19.8. The van der Waals surface area contributed by atoms with Crippen LogP contribution in [0.2, 0.25) is 0 Å². The first-order chi connectivity index (χ1) is 13.2. The van der Waals surface area contributed by atoms with Gasteiger partial charge in [0.1, 0.15) is 5.82 Å². The van der Waals surface area contributed by atoms with Crippen LogP contribution in [-0.2, 0) is 6.42 Å². The van der Waals surface area contributed by atoms with Crippen molar-refractivity contribution in [3.63, 3.8) is 0 Å². The van der Waals surface area contributed by atoms with Crippen molar-refractivity contribution >= 4 is 22.6 Å². The number of aromatic nitrogens is 2. The first-order valence-corrected chi connectivity index (χ1v) is 8.89. The summed E-state index contributed by atoms with van der Waals surface area (Å²) >= 11 is 0. The Labute approximate surface area is 155 Å². The maximum Gasteiger partial charge on any atom is 0.335 e. The number of carboxylic acids is 1. The summed E-state index contributed by atoms with van der Waals surface area (Å²) in [6, 6.07) is 21.5. The van der Waals surface area contributed by atoms with E-state index >= 15 is 0 Å². The maximum absolute atomic E-state index is 11.1. The molecule has 0 saturated heterocycles. The lowest BCUT2D eigenvalue weighted by molar-refractivity contribution is 0.0697. The van der Waals surface area contributed by atoms with Gasteiger partial charge in [0.05, 0.1) is 16.9 Å². The lowest BCUT2D eigenvalue weighted by atomic mass is 10.0. The number of benzene rings is 3. The van der Waals surface area contributed by atoms with Gasteiger partial charge in [0.15, 0.2) is 0 Å². The summed E-state index contributed by atoms with van der Waals surface area (Å²) in [6.45, 7) is 0.876. The molecule has 1 aliphatic heterocycles. The van der Waals surface area contributed by atoms with E-state index in [0.717, 1.165) is 35.7 Å². The Morgan fingerprint density at radius 2 is 1.78 bits per heavy atom. The number of aromatic carboxylic acids is 1. The van der Waals surface area contributed by atoms with Gasteiger partial charge in [-0.2, -0.15) is 5.10 Å². The topological polar surface area (TPSA) is 67.1 Å². The Morgan fingerprint density at radius 1 is 1.00 bits per heavy atom. The van der Waals surface area contributed by atoms with Crippen LogP contribution in [0.3, 0.4) is 0 Å². The number of carbonyl (C=O) groups is 1. The van der Waals surface area contributed by atoms with E-state index in [0.29, 0.717) is 0 Å². The van der Waals surface area contributed by atoms with Crippen LogP contribution >= 0.6 is 0 Å². The van der Waals surface area contributed by atoms with Crippen LogP contribution in [0.5, 0.6) is 0 Å². The largest absolute Gasteiger partial charge is 0.478 e. The summed E-state index contributed by atoms with van der Waals surface area (Å²) in [5.74, 6) is 0.0588. The van der Waals surface area contributed by atoms with Gasteiger partial charge < -0.3 is 10.4 Å². The average molecular weight is 355 g/mol. The van der Waals surface area contributed by atoms with Gasteiger partial charge in [0.2, 0.25) is 0 Å². The number of nitrogens with one attached hydrogen (secondary N) is 1. The molecule has 5 rings (SSSR count). The first-order valence-electron chi connectivity index (χ1n) is 8.89. The lowest BCUT2D eigenvalue weighted by Gasteiger charge is -2.07. The van der Waals surface area contributed by atoms with E-state index in [2.05, 4.69) is 35.6 Å². The van der Waals surface area contributed by atoms with Crippen molar-refractivity contribution in [1.29, 1.82) is 0 Å². The van der Waals surface area contributed by atoms with Crippen LogP contribution in [0.4, 0.5) is 5.82 Å². The van der Waals surface area contributed by atoms with Crippen molar-refractivity contribution in [2.75, 3.05) is 11.9 Å². The van der Waals surface area contributed by atoms with Gasteiger partial charge in [-0.15, -0.1) is 0 Å². The molecule has 4 aromatic rings. The quantitative estimate of drug-likeness (QED) is 0.573. The molecule has 1 aliphatic rings. The maximum atomic E-state index is 11.1. The third kappa shape index (κ3) is 2.56. The van der Waals surface area contributed by atoms with Crippen LogP contribution in [0, 0.1) is 0 Å².